The zero-order valence-electron chi connectivity index (χ0n) is 15.8. The molecule has 1 unspecified atom stereocenters. The van der Waals surface area contributed by atoms with Gasteiger partial charge in [0.15, 0.2) is 0 Å². The summed E-state index contributed by atoms with van der Waals surface area (Å²) in [5.74, 6) is 1.56. The van der Waals surface area contributed by atoms with E-state index >= 15 is 0 Å². The molecule has 0 N–H and O–H groups in total. The number of hydrogen-bond acceptors (Lipinski definition) is 4. The lowest BCUT2D eigenvalue weighted by Crippen LogP contribution is -2.33. The molecule has 3 aromatic rings. The van der Waals surface area contributed by atoms with Crippen LogP contribution in [0.1, 0.15) is 23.6 Å². The van der Waals surface area contributed by atoms with Gasteiger partial charge in [-0.3, -0.25) is 0 Å². The largest absolute Gasteiger partial charge is 0.497 e. The highest BCUT2D eigenvalue weighted by atomic mass is 32.1. The molecule has 0 amide bonds. The fraction of sp³-hybridized carbons (Fsp3) is 0.217. The van der Waals surface area contributed by atoms with Crippen molar-refractivity contribution in [3.63, 3.8) is 0 Å². The molecule has 1 atom stereocenters. The van der Waals surface area contributed by atoms with E-state index in [1.165, 1.54) is 0 Å². The molecular formula is C23H24O3S. The topological polar surface area (TPSA) is 27.7 Å². The summed E-state index contributed by atoms with van der Waals surface area (Å²) in [5, 5.41) is 0. The summed E-state index contributed by atoms with van der Waals surface area (Å²) in [4.78, 5) is 0.808. The predicted molar refractivity (Wildman–Crippen MR) is 111 cm³/mol. The molecule has 0 saturated heterocycles. The smallest absolute Gasteiger partial charge is 0.144 e. The molecule has 140 valence electrons. The van der Waals surface area contributed by atoms with Crippen molar-refractivity contribution in [2.45, 2.75) is 17.4 Å². The Morgan fingerprint density at radius 3 is 1.93 bits per heavy atom. The Balaban J connectivity index is 2.30. The van der Waals surface area contributed by atoms with Crippen molar-refractivity contribution < 1.29 is 14.2 Å². The molecule has 0 radical (unpaired) electrons. The molecule has 3 aromatic carbocycles. The van der Waals surface area contributed by atoms with E-state index in [-0.39, 0.29) is 0 Å². The van der Waals surface area contributed by atoms with Crippen molar-refractivity contribution in [3.8, 4) is 11.5 Å². The van der Waals surface area contributed by atoms with Gasteiger partial charge in [-0.15, -0.1) is 12.6 Å². The number of hydrogen-bond donors (Lipinski definition) is 1. The summed E-state index contributed by atoms with van der Waals surface area (Å²) < 4.78 is 17.2. The van der Waals surface area contributed by atoms with E-state index in [4.69, 9.17) is 26.8 Å². The predicted octanol–water partition coefficient (Wildman–Crippen LogP) is 5.32. The Morgan fingerprint density at radius 1 is 0.778 bits per heavy atom. The number of rotatable bonds is 7. The van der Waals surface area contributed by atoms with E-state index in [1.54, 1.807) is 14.2 Å². The standard InChI is InChI=1S/C23H24O3S/c1-4-26-23(17-8-6-5-7-9-17,18-10-12-19(24-2)13-11-18)21-15-14-20(25-3)16-22(21)27/h5-16,27H,4H2,1-3H3. The Morgan fingerprint density at radius 2 is 1.37 bits per heavy atom. The summed E-state index contributed by atoms with van der Waals surface area (Å²) in [7, 11) is 3.32. The lowest BCUT2D eigenvalue weighted by Gasteiger charge is -2.36. The molecule has 4 heteroatoms. The maximum Gasteiger partial charge on any atom is 0.144 e. The third kappa shape index (κ3) is 3.68. The second-order valence-corrected chi connectivity index (χ2v) is 6.57. The highest BCUT2D eigenvalue weighted by molar-refractivity contribution is 7.80. The van der Waals surface area contributed by atoms with Gasteiger partial charge in [0, 0.05) is 17.1 Å². The van der Waals surface area contributed by atoms with Gasteiger partial charge in [-0.05, 0) is 42.3 Å². The molecular weight excluding hydrogens is 356 g/mol. The van der Waals surface area contributed by atoms with Crippen LogP contribution < -0.4 is 9.47 Å². The maximum atomic E-state index is 6.49. The van der Waals surface area contributed by atoms with Crippen LogP contribution in [0.3, 0.4) is 0 Å². The first-order valence-corrected chi connectivity index (χ1v) is 9.32. The van der Waals surface area contributed by atoms with E-state index < -0.39 is 5.60 Å². The molecule has 0 aromatic heterocycles. The number of methoxy groups -OCH3 is 2. The molecule has 0 heterocycles. The van der Waals surface area contributed by atoms with Gasteiger partial charge in [0.05, 0.1) is 14.2 Å². The summed E-state index contributed by atoms with van der Waals surface area (Å²) >= 11 is 4.76. The van der Waals surface area contributed by atoms with Crippen LogP contribution >= 0.6 is 12.6 Å². The molecule has 0 saturated carbocycles. The normalized spacial score (nSPS) is 13.0. The zero-order valence-corrected chi connectivity index (χ0v) is 16.7. The lowest BCUT2D eigenvalue weighted by molar-refractivity contribution is 0.0196. The van der Waals surface area contributed by atoms with Crippen LogP contribution in [0, 0.1) is 0 Å². The molecule has 3 nitrogen and oxygen atoms in total. The average Bonchev–Trinajstić information content (AvgIpc) is 2.73. The number of ether oxygens (including phenoxy) is 3. The maximum absolute atomic E-state index is 6.49. The molecule has 0 aliphatic heterocycles. The molecule has 0 aliphatic carbocycles. The van der Waals surface area contributed by atoms with Crippen LogP contribution in [0.25, 0.3) is 0 Å². The molecule has 0 aliphatic rings. The Hall–Kier alpha value is -2.43. The van der Waals surface area contributed by atoms with Gasteiger partial charge in [-0.2, -0.15) is 0 Å². The van der Waals surface area contributed by atoms with Gasteiger partial charge < -0.3 is 14.2 Å². The van der Waals surface area contributed by atoms with Crippen LogP contribution in [0.4, 0.5) is 0 Å². The van der Waals surface area contributed by atoms with Crippen molar-refractivity contribution in [3.05, 3.63) is 89.5 Å². The van der Waals surface area contributed by atoms with Crippen LogP contribution in [0.5, 0.6) is 11.5 Å². The minimum atomic E-state index is -0.786. The quantitative estimate of drug-likeness (QED) is 0.444. The fourth-order valence-corrected chi connectivity index (χ4v) is 3.73. The van der Waals surface area contributed by atoms with Gasteiger partial charge in [0.2, 0.25) is 0 Å². The highest BCUT2D eigenvalue weighted by Crippen LogP contribution is 2.44. The third-order valence-corrected chi connectivity index (χ3v) is 4.99. The van der Waals surface area contributed by atoms with Gasteiger partial charge in [-0.1, -0.05) is 48.5 Å². The zero-order chi connectivity index (χ0) is 19.3. The molecule has 0 fully saturated rings. The summed E-state index contributed by atoms with van der Waals surface area (Å²) in [5.41, 5.74) is 2.23. The summed E-state index contributed by atoms with van der Waals surface area (Å²) in [6, 6.07) is 24.1. The molecule has 0 spiro atoms. The molecule has 0 bridgehead atoms. The van der Waals surface area contributed by atoms with Crippen molar-refractivity contribution >= 4 is 12.6 Å². The van der Waals surface area contributed by atoms with E-state index in [0.29, 0.717) is 6.61 Å². The van der Waals surface area contributed by atoms with Gasteiger partial charge in [0.25, 0.3) is 0 Å². The Labute approximate surface area is 166 Å². The van der Waals surface area contributed by atoms with Crippen molar-refractivity contribution in [1.29, 1.82) is 0 Å². The van der Waals surface area contributed by atoms with Crippen molar-refractivity contribution in [2.75, 3.05) is 20.8 Å². The van der Waals surface area contributed by atoms with Crippen LogP contribution in [0.2, 0.25) is 0 Å². The van der Waals surface area contributed by atoms with E-state index in [0.717, 1.165) is 33.1 Å². The summed E-state index contributed by atoms with van der Waals surface area (Å²) in [6.07, 6.45) is 0. The number of benzene rings is 3. The van der Waals surface area contributed by atoms with Crippen LogP contribution in [0.15, 0.2) is 77.7 Å². The minimum Gasteiger partial charge on any atom is -0.497 e. The van der Waals surface area contributed by atoms with E-state index in [2.05, 4.69) is 12.1 Å². The monoisotopic (exact) mass is 380 g/mol. The van der Waals surface area contributed by atoms with Gasteiger partial charge in [-0.25, -0.2) is 0 Å². The second kappa shape index (κ2) is 8.51. The Bertz CT molecular complexity index is 878. The van der Waals surface area contributed by atoms with E-state index in [9.17, 15) is 0 Å². The van der Waals surface area contributed by atoms with Gasteiger partial charge in [0.1, 0.15) is 17.1 Å². The van der Waals surface area contributed by atoms with Crippen LogP contribution in [-0.2, 0) is 10.3 Å². The van der Waals surface area contributed by atoms with Crippen molar-refractivity contribution in [1.82, 2.24) is 0 Å². The first kappa shape index (κ1) is 19.3. The number of thiol groups is 1. The fourth-order valence-electron chi connectivity index (χ4n) is 3.37. The summed E-state index contributed by atoms with van der Waals surface area (Å²) in [6.45, 7) is 2.54. The van der Waals surface area contributed by atoms with Crippen LogP contribution in [-0.4, -0.2) is 20.8 Å². The van der Waals surface area contributed by atoms with Crippen molar-refractivity contribution in [2.24, 2.45) is 0 Å². The molecule has 27 heavy (non-hydrogen) atoms. The average molecular weight is 381 g/mol. The second-order valence-electron chi connectivity index (χ2n) is 6.09. The minimum absolute atomic E-state index is 0.542. The lowest BCUT2D eigenvalue weighted by atomic mass is 9.80. The molecule has 3 rings (SSSR count). The SMILES string of the molecule is CCOC(c1ccccc1)(c1ccc(OC)cc1)c1ccc(OC)cc1S. The highest BCUT2D eigenvalue weighted by Gasteiger charge is 2.38. The first-order chi connectivity index (χ1) is 13.2. The van der Waals surface area contributed by atoms with E-state index in [1.807, 2.05) is 67.6 Å². The Kier molecular flexibility index (Phi) is 6.09. The third-order valence-electron chi connectivity index (χ3n) is 4.62. The van der Waals surface area contributed by atoms with Gasteiger partial charge >= 0.3 is 0 Å². The first-order valence-electron chi connectivity index (χ1n) is 8.87.